The van der Waals surface area contributed by atoms with Crippen LogP contribution in [-0.4, -0.2) is 28.3 Å². The quantitative estimate of drug-likeness (QED) is 0.266. The van der Waals surface area contributed by atoms with Crippen LogP contribution in [0.4, 0.5) is 0 Å². The Bertz CT molecular complexity index is 1610. The summed E-state index contributed by atoms with van der Waals surface area (Å²) in [6, 6.07) is 23.4. The number of fused-ring (bicyclic) bond motifs is 2. The zero-order valence-corrected chi connectivity index (χ0v) is 19.8. The molecule has 8 heteroatoms. The second-order valence-corrected chi connectivity index (χ2v) is 8.83. The number of carbonyl (C=O) groups excluding carboxylic acids is 1. The zero-order valence-electron chi connectivity index (χ0n) is 19.0. The SMILES string of the molecule is CCOc1ccc2ccccc2c1C=NNC(=O)Cn1cnc2sc(-c3ccccc3)cc2c1=O. The minimum absolute atomic E-state index is 0.191. The molecule has 174 valence electrons. The van der Waals surface area contributed by atoms with E-state index in [-0.39, 0.29) is 12.1 Å². The van der Waals surface area contributed by atoms with Crippen molar-refractivity contribution in [2.75, 3.05) is 6.61 Å². The van der Waals surface area contributed by atoms with E-state index in [9.17, 15) is 9.59 Å². The normalized spacial score (nSPS) is 11.3. The summed E-state index contributed by atoms with van der Waals surface area (Å²) in [6.45, 7) is 2.23. The molecule has 0 unspecified atom stereocenters. The Labute approximate surface area is 205 Å². The van der Waals surface area contributed by atoms with Gasteiger partial charge < -0.3 is 4.74 Å². The molecular formula is C27H22N4O3S. The molecule has 0 radical (unpaired) electrons. The van der Waals surface area contributed by atoms with E-state index in [1.54, 1.807) is 6.21 Å². The van der Waals surface area contributed by atoms with Crippen LogP contribution < -0.4 is 15.7 Å². The lowest BCUT2D eigenvalue weighted by molar-refractivity contribution is -0.121. The third kappa shape index (κ3) is 4.69. The molecule has 0 aliphatic rings. The van der Waals surface area contributed by atoms with Gasteiger partial charge in [-0.15, -0.1) is 11.3 Å². The van der Waals surface area contributed by atoms with Crippen LogP contribution in [-0.2, 0) is 11.3 Å². The van der Waals surface area contributed by atoms with Crippen molar-refractivity contribution < 1.29 is 9.53 Å². The van der Waals surface area contributed by atoms with E-state index in [0.29, 0.717) is 22.6 Å². The summed E-state index contributed by atoms with van der Waals surface area (Å²) >= 11 is 1.45. The van der Waals surface area contributed by atoms with Gasteiger partial charge in [-0.1, -0.05) is 60.7 Å². The first-order chi connectivity index (χ1) is 17.1. The topological polar surface area (TPSA) is 85.6 Å². The third-order valence-corrected chi connectivity index (χ3v) is 6.60. The van der Waals surface area contributed by atoms with Crippen LogP contribution in [0.1, 0.15) is 12.5 Å². The Kier molecular flexibility index (Phi) is 6.36. The van der Waals surface area contributed by atoms with E-state index in [2.05, 4.69) is 15.5 Å². The van der Waals surface area contributed by atoms with Crippen molar-refractivity contribution in [3.05, 3.63) is 95.0 Å². The van der Waals surface area contributed by atoms with Crippen LogP contribution in [0, 0.1) is 0 Å². The fourth-order valence-electron chi connectivity index (χ4n) is 3.87. The van der Waals surface area contributed by atoms with E-state index in [1.807, 2.05) is 79.7 Å². The minimum Gasteiger partial charge on any atom is -0.493 e. The number of aromatic nitrogens is 2. The highest BCUT2D eigenvalue weighted by atomic mass is 32.1. The molecule has 1 N–H and O–H groups in total. The Morgan fingerprint density at radius 2 is 1.89 bits per heavy atom. The van der Waals surface area contributed by atoms with Crippen LogP contribution in [0.25, 0.3) is 31.4 Å². The number of nitrogens with one attached hydrogen (secondary N) is 1. The van der Waals surface area contributed by atoms with Crippen molar-refractivity contribution in [1.82, 2.24) is 15.0 Å². The van der Waals surface area contributed by atoms with Crippen molar-refractivity contribution in [2.24, 2.45) is 5.10 Å². The van der Waals surface area contributed by atoms with Crippen molar-refractivity contribution in [2.45, 2.75) is 13.5 Å². The number of amides is 1. The molecule has 2 aromatic heterocycles. The lowest BCUT2D eigenvalue weighted by Gasteiger charge is -2.10. The maximum atomic E-state index is 13.0. The van der Waals surface area contributed by atoms with Crippen LogP contribution in [0.2, 0.25) is 0 Å². The van der Waals surface area contributed by atoms with Crippen molar-refractivity contribution in [3.8, 4) is 16.2 Å². The second kappa shape index (κ2) is 9.90. The average molecular weight is 483 g/mol. The fraction of sp³-hybridized carbons (Fsp3) is 0.111. The van der Waals surface area contributed by atoms with Crippen LogP contribution in [0.5, 0.6) is 5.75 Å². The van der Waals surface area contributed by atoms with Crippen molar-refractivity contribution in [1.29, 1.82) is 0 Å². The van der Waals surface area contributed by atoms with Gasteiger partial charge in [-0.05, 0) is 35.4 Å². The number of ether oxygens (including phenoxy) is 1. The predicted octanol–water partition coefficient (Wildman–Crippen LogP) is 4.83. The van der Waals surface area contributed by atoms with Crippen LogP contribution >= 0.6 is 11.3 Å². The lowest BCUT2D eigenvalue weighted by Crippen LogP contribution is -2.29. The number of thiophene rings is 1. The fourth-order valence-corrected chi connectivity index (χ4v) is 4.86. The molecule has 2 heterocycles. The number of carbonyl (C=O) groups is 1. The molecule has 0 bridgehead atoms. The van der Waals surface area contributed by atoms with Gasteiger partial charge >= 0.3 is 0 Å². The second-order valence-electron chi connectivity index (χ2n) is 7.80. The molecule has 5 aromatic rings. The Hall–Kier alpha value is -4.30. The number of nitrogens with zero attached hydrogens (tertiary/aromatic N) is 3. The van der Waals surface area contributed by atoms with Crippen molar-refractivity contribution in [3.63, 3.8) is 0 Å². The molecule has 3 aromatic carbocycles. The summed E-state index contributed by atoms with van der Waals surface area (Å²) < 4.78 is 7.02. The highest BCUT2D eigenvalue weighted by Crippen LogP contribution is 2.30. The zero-order chi connectivity index (χ0) is 24.2. The molecule has 7 nitrogen and oxygen atoms in total. The van der Waals surface area contributed by atoms with Gasteiger partial charge in [-0.3, -0.25) is 14.2 Å². The minimum atomic E-state index is -0.429. The Morgan fingerprint density at radius 1 is 1.09 bits per heavy atom. The first-order valence-electron chi connectivity index (χ1n) is 11.1. The number of benzene rings is 3. The van der Waals surface area contributed by atoms with E-state index in [4.69, 9.17) is 4.74 Å². The molecular weight excluding hydrogens is 460 g/mol. The van der Waals surface area contributed by atoms with E-state index in [1.165, 1.54) is 22.2 Å². The van der Waals surface area contributed by atoms with Gasteiger partial charge in [-0.2, -0.15) is 5.10 Å². The summed E-state index contributed by atoms with van der Waals surface area (Å²) in [5.74, 6) is 0.253. The summed E-state index contributed by atoms with van der Waals surface area (Å²) in [4.78, 5) is 31.5. The smallest absolute Gasteiger partial charge is 0.262 e. The molecule has 0 spiro atoms. The van der Waals surface area contributed by atoms with Crippen LogP contribution in [0.3, 0.4) is 0 Å². The molecule has 0 saturated heterocycles. The van der Waals surface area contributed by atoms with Gasteiger partial charge in [0, 0.05) is 10.4 Å². The summed E-state index contributed by atoms with van der Waals surface area (Å²) in [5.41, 5.74) is 4.04. The highest BCUT2D eigenvalue weighted by molar-refractivity contribution is 7.21. The molecule has 35 heavy (non-hydrogen) atoms. The largest absolute Gasteiger partial charge is 0.493 e. The molecule has 0 atom stereocenters. The Balaban J connectivity index is 1.35. The molecule has 0 aliphatic carbocycles. The molecule has 1 amide bonds. The first-order valence-corrected chi connectivity index (χ1v) is 12.0. The van der Waals surface area contributed by atoms with E-state index in [0.717, 1.165) is 26.8 Å². The maximum Gasteiger partial charge on any atom is 0.262 e. The van der Waals surface area contributed by atoms with Gasteiger partial charge in [-0.25, -0.2) is 10.4 Å². The number of hydrogen-bond acceptors (Lipinski definition) is 6. The van der Waals surface area contributed by atoms with Crippen molar-refractivity contribution >= 4 is 44.4 Å². The summed E-state index contributed by atoms with van der Waals surface area (Å²) in [5, 5.41) is 6.63. The first kappa shape index (κ1) is 22.5. The van der Waals surface area contributed by atoms with Crippen LogP contribution in [0.15, 0.2) is 89.0 Å². The average Bonchev–Trinajstić information content (AvgIpc) is 3.33. The Morgan fingerprint density at radius 3 is 2.71 bits per heavy atom. The highest BCUT2D eigenvalue weighted by Gasteiger charge is 2.12. The monoisotopic (exact) mass is 482 g/mol. The lowest BCUT2D eigenvalue weighted by atomic mass is 10.0. The number of hydrogen-bond donors (Lipinski definition) is 1. The molecule has 5 rings (SSSR count). The van der Waals surface area contributed by atoms with Gasteiger partial charge in [0.25, 0.3) is 11.5 Å². The number of rotatable bonds is 7. The number of hydrazone groups is 1. The molecule has 0 fully saturated rings. The summed E-state index contributed by atoms with van der Waals surface area (Å²) in [6.07, 6.45) is 2.97. The van der Waals surface area contributed by atoms with Gasteiger partial charge in [0.2, 0.25) is 0 Å². The molecule has 0 saturated carbocycles. The van der Waals surface area contributed by atoms with E-state index >= 15 is 0 Å². The van der Waals surface area contributed by atoms with Gasteiger partial charge in [0.05, 0.1) is 24.5 Å². The van der Waals surface area contributed by atoms with Gasteiger partial charge in [0.1, 0.15) is 17.1 Å². The third-order valence-electron chi connectivity index (χ3n) is 5.50. The molecule has 0 aliphatic heterocycles. The summed E-state index contributed by atoms with van der Waals surface area (Å²) in [7, 11) is 0. The standard InChI is InChI=1S/C27H22N4O3S/c1-2-34-23-13-12-18-8-6-7-11-20(18)22(23)15-29-30-25(32)16-31-17-28-26-21(27(31)33)14-24(35-26)19-9-4-3-5-10-19/h3-15,17H,2,16H2,1H3,(H,30,32). The predicted molar refractivity (Wildman–Crippen MR) is 140 cm³/mol. The van der Waals surface area contributed by atoms with E-state index < -0.39 is 5.91 Å². The maximum absolute atomic E-state index is 13.0. The van der Waals surface area contributed by atoms with Gasteiger partial charge in [0.15, 0.2) is 0 Å².